The molecule has 1 atom stereocenters. The number of hydrogen-bond acceptors (Lipinski definition) is 4. The Labute approximate surface area is 104 Å². The van der Waals surface area contributed by atoms with Crippen LogP contribution in [0.4, 0.5) is 0 Å². The fourth-order valence-corrected chi connectivity index (χ4v) is 1.65. The summed E-state index contributed by atoms with van der Waals surface area (Å²) in [6, 6.07) is 0. The number of carbonyl (C=O) groups excluding carboxylic acids is 1. The van der Waals surface area contributed by atoms with E-state index in [1.165, 1.54) is 0 Å². The van der Waals surface area contributed by atoms with Crippen molar-refractivity contribution in [2.24, 2.45) is 17.6 Å². The highest BCUT2D eigenvalue weighted by molar-refractivity contribution is 5.74. The van der Waals surface area contributed by atoms with Crippen LogP contribution in [-0.2, 0) is 14.4 Å². The van der Waals surface area contributed by atoms with Gasteiger partial charge in [0, 0.05) is 13.5 Å². The van der Waals surface area contributed by atoms with Crippen LogP contribution in [0.5, 0.6) is 0 Å². The molecular formula is C12H26N2O3. The van der Waals surface area contributed by atoms with Gasteiger partial charge in [-0.1, -0.05) is 13.8 Å². The van der Waals surface area contributed by atoms with Gasteiger partial charge in [-0.15, -0.1) is 0 Å². The molecule has 102 valence electrons. The van der Waals surface area contributed by atoms with Crippen molar-refractivity contribution in [2.75, 3.05) is 26.9 Å². The molecule has 0 radical (unpaired) electrons. The van der Waals surface area contributed by atoms with Gasteiger partial charge in [0.05, 0.1) is 13.2 Å². The number of hydroxylamine groups is 1. The highest BCUT2D eigenvalue weighted by atomic mass is 16.7. The number of ether oxygens (including phenoxy) is 1. The van der Waals surface area contributed by atoms with E-state index in [-0.39, 0.29) is 5.91 Å². The number of nitrogens with two attached hydrogens (primary N) is 1. The molecule has 0 aliphatic rings. The molecule has 0 aromatic carbocycles. The monoisotopic (exact) mass is 246 g/mol. The zero-order valence-electron chi connectivity index (χ0n) is 11.2. The van der Waals surface area contributed by atoms with Gasteiger partial charge >= 0.3 is 0 Å². The van der Waals surface area contributed by atoms with Crippen LogP contribution in [-0.4, -0.2) is 32.8 Å². The van der Waals surface area contributed by atoms with E-state index in [0.29, 0.717) is 38.0 Å². The Morgan fingerprint density at radius 2 is 2.00 bits per heavy atom. The minimum atomic E-state index is -0.0798. The van der Waals surface area contributed by atoms with Gasteiger partial charge in [0.1, 0.15) is 0 Å². The molecule has 0 spiro atoms. The Kier molecular flexibility index (Phi) is 10.1. The molecule has 0 heterocycles. The predicted molar refractivity (Wildman–Crippen MR) is 67.2 cm³/mol. The zero-order valence-corrected chi connectivity index (χ0v) is 11.2. The topological polar surface area (TPSA) is 73.6 Å². The van der Waals surface area contributed by atoms with Gasteiger partial charge in [0.15, 0.2) is 0 Å². The third-order valence-electron chi connectivity index (χ3n) is 2.80. The minimum absolute atomic E-state index is 0.0798. The average Bonchev–Trinajstić information content (AvgIpc) is 2.29. The molecule has 17 heavy (non-hydrogen) atoms. The summed E-state index contributed by atoms with van der Waals surface area (Å²) in [5.74, 6) is 0.981. The van der Waals surface area contributed by atoms with E-state index in [2.05, 4.69) is 19.3 Å². The molecule has 0 aromatic rings. The summed E-state index contributed by atoms with van der Waals surface area (Å²) in [5, 5.41) is 0. The van der Waals surface area contributed by atoms with Crippen LogP contribution in [0, 0.1) is 11.8 Å². The van der Waals surface area contributed by atoms with Crippen molar-refractivity contribution < 1.29 is 14.4 Å². The summed E-state index contributed by atoms with van der Waals surface area (Å²) in [6.45, 7) is 5.84. The van der Waals surface area contributed by atoms with E-state index in [1.54, 1.807) is 7.11 Å². The van der Waals surface area contributed by atoms with Crippen LogP contribution < -0.4 is 11.2 Å². The second kappa shape index (κ2) is 10.5. The van der Waals surface area contributed by atoms with Crippen molar-refractivity contribution in [3.8, 4) is 0 Å². The molecule has 0 saturated heterocycles. The van der Waals surface area contributed by atoms with Gasteiger partial charge in [-0.3, -0.25) is 9.63 Å². The van der Waals surface area contributed by atoms with Gasteiger partial charge in [0.25, 0.3) is 0 Å². The van der Waals surface area contributed by atoms with Crippen LogP contribution >= 0.6 is 0 Å². The highest BCUT2D eigenvalue weighted by Gasteiger charge is 2.14. The molecule has 0 aliphatic carbocycles. The number of rotatable bonds is 10. The van der Waals surface area contributed by atoms with Crippen molar-refractivity contribution in [2.45, 2.75) is 33.1 Å². The molecule has 0 aliphatic heterocycles. The lowest BCUT2D eigenvalue weighted by Gasteiger charge is -2.19. The van der Waals surface area contributed by atoms with Gasteiger partial charge in [0.2, 0.25) is 5.91 Å². The van der Waals surface area contributed by atoms with Gasteiger partial charge in [-0.25, -0.2) is 5.48 Å². The molecule has 3 N–H and O–H groups in total. The fourth-order valence-electron chi connectivity index (χ4n) is 1.65. The largest absolute Gasteiger partial charge is 0.382 e. The molecule has 5 nitrogen and oxygen atoms in total. The van der Waals surface area contributed by atoms with Gasteiger partial charge in [-0.05, 0) is 31.2 Å². The smallest absolute Gasteiger partial charge is 0.243 e. The maximum Gasteiger partial charge on any atom is 0.243 e. The SMILES string of the molecule is COCCONC(=O)CCC(CCN)C(C)C. The van der Waals surface area contributed by atoms with E-state index < -0.39 is 0 Å². The summed E-state index contributed by atoms with van der Waals surface area (Å²) < 4.78 is 4.80. The lowest BCUT2D eigenvalue weighted by atomic mass is 9.88. The Morgan fingerprint density at radius 3 is 2.53 bits per heavy atom. The van der Waals surface area contributed by atoms with Crippen molar-refractivity contribution in [1.82, 2.24) is 5.48 Å². The lowest BCUT2D eigenvalue weighted by Crippen LogP contribution is -2.26. The van der Waals surface area contributed by atoms with E-state index >= 15 is 0 Å². The standard InChI is InChI=1S/C12H26N2O3/c1-10(2)11(6-7-13)4-5-12(15)14-17-9-8-16-3/h10-11H,4-9,13H2,1-3H3,(H,14,15). The normalized spacial score (nSPS) is 12.8. The maximum absolute atomic E-state index is 11.4. The summed E-state index contributed by atoms with van der Waals surface area (Å²) >= 11 is 0. The Hall–Kier alpha value is -0.650. The maximum atomic E-state index is 11.4. The highest BCUT2D eigenvalue weighted by Crippen LogP contribution is 2.20. The first kappa shape index (κ1) is 16.4. The van der Waals surface area contributed by atoms with Crippen LogP contribution in [0.25, 0.3) is 0 Å². The van der Waals surface area contributed by atoms with E-state index in [1.807, 2.05) is 0 Å². The predicted octanol–water partition coefficient (Wildman–Crippen LogP) is 1.08. The first-order valence-electron chi connectivity index (χ1n) is 6.21. The summed E-state index contributed by atoms with van der Waals surface area (Å²) in [7, 11) is 1.59. The third-order valence-corrected chi connectivity index (χ3v) is 2.80. The van der Waals surface area contributed by atoms with E-state index in [9.17, 15) is 4.79 Å². The van der Waals surface area contributed by atoms with Gasteiger partial charge in [-0.2, -0.15) is 0 Å². The molecule has 0 aromatic heterocycles. The first-order valence-corrected chi connectivity index (χ1v) is 6.21. The van der Waals surface area contributed by atoms with Crippen LogP contribution in [0.1, 0.15) is 33.1 Å². The summed E-state index contributed by atoms with van der Waals surface area (Å²) in [6.07, 6.45) is 2.31. The number of hydrogen-bond donors (Lipinski definition) is 2. The third kappa shape index (κ3) is 9.09. The molecule has 0 rings (SSSR count). The molecule has 0 saturated carbocycles. The number of amides is 1. The zero-order chi connectivity index (χ0) is 13.1. The Bertz CT molecular complexity index is 198. The van der Waals surface area contributed by atoms with E-state index in [4.69, 9.17) is 15.3 Å². The average molecular weight is 246 g/mol. The molecule has 1 amide bonds. The van der Waals surface area contributed by atoms with Crippen molar-refractivity contribution in [3.05, 3.63) is 0 Å². The van der Waals surface area contributed by atoms with E-state index in [0.717, 1.165) is 12.8 Å². The molecule has 1 unspecified atom stereocenters. The van der Waals surface area contributed by atoms with Crippen LogP contribution in [0.15, 0.2) is 0 Å². The van der Waals surface area contributed by atoms with Crippen molar-refractivity contribution in [1.29, 1.82) is 0 Å². The van der Waals surface area contributed by atoms with Gasteiger partial charge < -0.3 is 10.5 Å². The lowest BCUT2D eigenvalue weighted by molar-refractivity contribution is -0.134. The number of carbonyl (C=O) groups is 1. The van der Waals surface area contributed by atoms with Crippen LogP contribution in [0.3, 0.4) is 0 Å². The Morgan fingerprint density at radius 1 is 1.29 bits per heavy atom. The first-order chi connectivity index (χ1) is 8.11. The molecule has 0 fully saturated rings. The summed E-state index contributed by atoms with van der Waals surface area (Å²) in [4.78, 5) is 16.4. The van der Waals surface area contributed by atoms with Crippen molar-refractivity contribution in [3.63, 3.8) is 0 Å². The Balaban J connectivity index is 3.65. The molecular weight excluding hydrogens is 220 g/mol. The molecule has 0 bridgehead atoms. The quantitative estimate of drug-likeness (QED) is 0.447. The van der Waals surface area contributed by atoms with Crippen molar-refractivity contribution >= 4 is 5.91 Å². The second-order valence-corrected chi connectivity index (χ2v) is 4.49. The minimum Gasteiger partial charge on any atom is -0.382 e. The van der Waals surface area contributed by atoms with Crippen LogP contribution in [0.2, 0.25) is 0 Å². The number of methoxy groups -OCH3 is 1. The molecule has 5 heteroatoms. The second-order valence-electron chi connectivity index (χ2n) is 4.49. The summed E-state index contributed by atoms with van der Waals surface area (Å²) in [5.41, 5.74) is 7.95. The number of nitrogens with one attached hydrogen (secondary N) is 1. The fraction of sp³-hybridized carbons (Fsp3) is 0.917.